The molecule has 5 nitrogen and oxygen atoms in total. The standard InChI is InChI=1S/C10H9NO.C3H7NO2.BrH/c1-11-7-3-4-8-9(11)5-2-6-10(8)12;1-4(2)3(5)6;/h2-7H,1H3;1-2H3,(H,5,6);1H/p-1. The van der Waals surface area contributed by atoms with Gasteiger partial charge < -0.3 is 36.9 Å². The molecule has 0 fully saturated rings. The van der Waals surface area contributed by atoms with Crippen LogP contribution in [0, 0.1) is 0 Å². The van der Waals surface area contributed by atoms with E-state index in [-0.39, 0.29) is 17.0 Å². The Balaban J connectivity index is 0.000000404. The smallest absolute Gasteiger partial charge is 0.216 e. The Morgan fingerprint density at radius 3 is 2.32 bits per heavy atom. The minimum atomic E-state index is -1.16. The molecule has 2 aromatic rings. The van der Waals surface area contributed by atoms with E-state index in [0.717, 1.165) is 15.8 Å². The minimum Gasteiger partial charge on any atom is -1.00 e. The number of rotatable bonds is 0. The SMILES string of the molecule is CN(C)C(=O)[O-].C[n+]1cccc2c(O)cccc21.[Br-]. The number of benzene rings is 1. The molecule has 0 saturated heterocycles. The quantitative estimate of drug-likeness (QED) is 0.534. The van der Waals surface area contributed by atoms with E-state index in [0.29, 0.717) is 5.75 Å². The highest BCUT2D eigenvalue weighted by molar-refractivity contribution is 5.81. The van der Waals surface area contributed by atoms with Gasteiger partial charge in [-0.1, -0.05) is 6.07 Å². The maximum absolute atomic E-state index is 9.51. The van der Waals surface area contributed by atoms with Crippen LogP contribution in [-0.4, -0.2) is 30.2 Å². The molecule has 6 heteroatoms. The van der Waals surface area contributed by atoms with Crippen molar-refractivity contribution in [1.82, 2.24) is 4.90 Å². The Bertz CT molecular complexity index is 517. The molecular weight excluding hydrogens is 312 g/mol. The van der Waals surface area contributed by atoms with Gasteiger partial charge in [0.05, 0.1) is 5.39 Å². The number of halogens is 1. The first-order valence-electron chi connectivity index (χ1n) is 5.38. The van der Waals surface area contributed by atoms with Gasteiger partial charge in [0.25, 0.3) is 0 Å². The first-order chi connectivity index (χ1) is 8.43. The van der Waals surface area contributed by atoms with Crippen molar-refractivity contribution in [2.75, 3.05) is 14.1 Å². The number of amides is 1. The number of aromatic nitrogens is 1. The van der Waals surface area contributed by atoms with Gasteiger partial charge in [0.2, 0.25) is 5.52 Å². The van der Waals surface area contributed by atoms with E-state index in [1.165, 1.54) is 14.1 Å². The lowest BCUT2D eigenvalue weighted by Crippen LogP contribution is -3.00. The first-order valence-corrected chi connectivity index (χ1v) is 5.38. The number of hydrogen-bond acceptors (Lipinski definition) is 3. The number of phenolic OH excluding ortho intramolecular Hbond substituents is 1. The molecule has 0 unspecified atom stereocenters. The molecule has 0 saturated carbocycles. The number of nitrogens with zero attached hydrogens (tertiary/aromatic N) is 2. The van der Waals surface area contributed by atoms with Crippen LogP contribution in [0.15, 0.2) is 36.5 Å². The normalized spacial score (nSPS) is 9.00. The van der Waals surface area contributed by atoms with Crippen LogP contribution in [0.1, 0.15) is 0 Å². The molecule has 0 radical (unpaired) electrons. The number of aromatic hydroxyl groups is 1. The molecule has 2 rings (SSSR count). The van der Waals surface area contributed by atoms with Crippen LogP contribution in [0.25, 0.3) is 10.9 Å². The minimum absolute atomic E-state index is 0. The van der Waals surface area contributed by atoms with Gasteiger partial charge in [0, 0.05) is 26.2 Å². The third-order valence-corrected chi connectivity index (χ3v) is 2.38. The Kier molecular flexibility index (Phi) is 6.85. The molecule has 19 heavy (non-hydrogen) atoms. The van der Waals surface area contributed by atoms with Gasteiger partial charge in [-0.25, -0.2) is 4.57 Å². The number of pyridine rings is 1. The predicted molar refractivity (Wildman–Crippen MR) is 65.9 cm³/mol. The van der Waals surface area contributed by atoms with Crippen LogP contribution in [-0.2, 0) is 7.05 Å². The van der Waals surface area contributed by atoms with Crippen molar-refractivity contribution >= 4 is 17.0 Å². The molecule has 1 heterocycles. The first kappa shape index (κ1) is 17.2. The van der Waals surface area contributed by atoms with Crippen molar-refractivity contribution in [3.63, 3.8) is 0 Å². The van der Waals surface area contributed by atoms with Gasteiger partial charge in [-0.15, -0.1) is 0 Å². The van der Waals surface area contributed by atoms with Crippen LogP contribution < -0.4 is 26.7 Å². The molecular formula is C13H16BrN2O3-. The maximum atomic E-state index is 9.51. The van der Waals surface area contributed by atoms with Crippen molar-refractivity contribution in [2.45, 2.75) is 0 Å². The van der Waals surface area contributed by atoms with E-state index in [1.54, 1.807) is 6.07 Å². The Labute approximate surface area is 122 Å². The summed E-state index contributed by atoms with van der Waals surface area (Å²) < 4.78 is 1.98. The van der Waals surface area contributed by atoms with Crippen LogP contribution in [0.4, 0.5) is 4.79 Å². The summed E-state index contributed by atoms with van der Waals surface area (Å²) in [5.41, 5.74) is 1.04. The Morgan fingerprint density at radius 1 is 1.26 bits per heavy atom. The average Bonchev–Trinajstić information content (AvgIpc) is 2.31. The highest BCUT2D eigenvalue weighted by Crippen LogP contribution is 2.20. The topological polar surface area (TPSA) is 67.5 Å². The third-order valence-electron chi connectivity index (χ3n) is 2.38. The summed E-state index contributed by atoms with van der Waals surface area (Å²) in [6, 6.07) is 9.35. The Morgan fingerprint density at radius 2 is 1.84 bits per heavy atom. The molecule has 1 aromatic carbocycles. The van der Waals surface area contributed by atoms with Crippen molar-refractivity contribution in [1.29, 1.82) is 0 Å². The van der Waals surface area contributed by atoms with Gasteiger partial charge in [0.1, 0.15) is 18.9 Å². The van der Waals surface area contributed by atoms with Gasteiger partial charge in [0.15, 0.2) is 6.20 Å². The van der Waals surface area contributed by atoms with Crippen LogP contribution >= 0.6 is 0 Å². The van der Waals surface area contributed by atoms with E-state index in [1.807, 2.05) is 42.1 Å². The van der Waals surface area contributed by atoms with Crippen molar-refractivity contribution < 1.29 is 36.6 Å². The summed E-state index contributed by atoms with van der Waals surface area (Å²) in [5, 5.41) is 19.9. The number of carbonyl (C=O) groups is 1. The zero-order valence-corrected chi connectivity index (χ0v) is 12.6. The zero-order valence-electron chi connectivity index (χ0n) is 11.0. The fourth-order valence-electron chi connectivity index (χ4n) is 1.37. The van der Waals surface area contributed by atoms with Gasteiger partial charge in [-0.05, 0) is 12.1 Å². The highest BCUT2D eigenvalue weighted by atomic mass is 79.9. The Hall–Kier alpha value is -1.82. The highest BCUT2D eigenvalue weighted by Gasteiger charge is 2.05. The number of aryl methyl sites for hydroxylation is 1. The second-order valence-electron chi connectivity index (χ2n) is 3.99. The van der Waals surface area contributed by atoms with Crippen molar-refractivity contribution in [3.05, 3.63) is 36.5 Å². The molecule has 0 aliphatic heterocycles. The fraction of sp³-hybridized carbons (Fsp3) is 0.231. The van der Waals surface area contributed by atoms with E-state index < -0.39 is 6.09 Å². The van der Waals surface area contributed by atoms with Crippen molar-refractivity contribution in [2.24, 2.45) is 7.05 Å². The average molecular weight is 328 g/mol. The maximum Gasteiger partial charge on any atom is 0.216 e. The molecule has 104 valence electrons. The summed E-state index contributed by atoms with van der Waals surface area (Å²) in [6.07, 6.45) is 0.803. The zero-order chi connectivity index (χ0) is 13.7. The lowest BCUT2D eigenvalue weighted by molar-refractivity contribution is -0.644. The van der Waals surface area contributed by atoms with E-state index >= 15 is 0 Å². The summed E-state index contributed by atoms with van der Waals surface area (Å²) in [7, 11) is 4.78. The van der Waals surface area contributed by atoms with E-state index in [2.05, 4.69) is 0 Å². The number of fused-ring (bicyclic) bond motifs is 1. The monoisotopic (exact) mass is 327 g/mol. The second kappa shape index (κ2) is 7.58. The number of phenols is 1. The van der Waals surface area contributed by atoms with Crippen molar-refractivity contribution in [3.8, 4) is 5.75 Å². The molecule has 0 atom stereocenters. The summed E-state index contributed by atoms with van der Waals surface area (Å²) in [5.74, 6) is 0.337. The predicted octanol–water partition coefficient (Wildman–Crippen LogP) is -2.73. The van der Waals surface area contributed by atoms with Gasteiger partial charge in [-0.2, -0.15) is 0 Å². The van der Waals surface area contributed by atoms with Crippen LogP contribution in [0.5, 0.6) is 5.75 Å². The summed E-state index contributed by atoms with van der Waals surface area (Å²) in [6.45, 7) is 0. The summed E-state index contributed by atoms with van der Waals surface area (Å²) >= 11 is 0. The number of hydrogen-bond donors (Lipinski definition) is 1. The van der Waals surface area contributed by atoms with E-state index in [9.17, 15) is 15.0 Å². The fourth-order valence-corrected chi connectivity index (χ4v) is 1.37. The molecule has 0 bridgehead atoms. The van der Waals surface area contributed by atoms with Gasteiger partial charge in [-0.3, -0.25) is 0 Å². The molecule has 0 aliphatic rings. The largest absolute Gasteiger partial charge is 1.00 e. The second-order valence-corrected chi connectivity index (χ2v) is 3.99. The molecule has 1 amide bonds. The molecule has 1 N–H and O–H groups in total. The van der Waals surface area contributed by atoms with Crippen LogP contribution in [0.2, 0.25) is 0 Å². The lowest BCUT2D eigenvalue weighted by atomic mass is 10.2. The lowest BCUT2D eigenvalue weighted by Gasteiger charge is -2.10. The number of carboxylic acid groups (broad SMARTS) is 1. The third kappa shape index (κ3) is 4.75. The van der Waals surface area contributed by atoms with E-state index in [4.69, 9.17) is 0 Å². The molecule has 0 spiro atoms. The van der Waals surface area contributed by atoms with Crippen LogP contribution in [0.3, 0.4) is 0 Å². The van der Waals surface area contributed by atoms with Gasteiger partial charge >= 0.3 is 0 Å². The molecule has 1 aromatic heterocycles. The summed E-state index contributed by atoms with van der Waals surface area (Å²) in [4.78, 5) is 10.5. The molecule has 0 aliphatic carbocycles. The number of carbonyl (C=O) groups excluding carboxylic acids is 1.